The van der Waals surface area contributed by atoms with E-state index in [9.17, 15) is 9.59 Å². The van der Waals surface area contributed by atoms with Gasteiger partial charge in [0.15, 0.2) is 0 Å². The van der Waals surface area contributed by atoms with Gasteiger partial charge in [-0.05, 0) is 17.7 Å². The molecule has 1 aliphatic heterocycles. The number of amides is 1. The first-order valence-corrected chi connectivity index (χ1v) is 8.83. The van der Waals surface area contributed by atoms with Crippen molar-refractivity contribution in [3.63, 3.8) is 0 Å². The molecule has 1 aromatic heterocycles. The molecule has 138 valence electrons. The van der Waals surface area contributed by atoms with Gasteiger partial charge < -0.3 is 15.0 Å². The summed E-state index contributed by atoms with van der Waals surface area (Å²) in [7, 11) is 1.55. The van der Waals surface area contributed by atoms with E-state index in [-0.39, 0.29) is 23.2 Å². The van der Waals surface area contributed by atoms with Crippen LogP contribution in [0.25, 0.3) is 0 Å². The van der Waals surface area contributed by atoms with Gasteiger partial charge in [-0.1, -0.05) is 29.8 Å². The van der Waals surface area contributed by atoms with E-state index in [1.165, 1.54) is 16.8 Å². The monoisotopic (exact) mass is 376 g/mol. The van der Waals surface area contributed by atoms with Crippen LogP contribution in [0.4, 0.5) is 0 Å². The Kier molecular flexibility index (Phi) is 6.03. The van der Waals surface area contributed by atoms with Gasteiger partial charge in [0, 0.05) is 37.8 Å². The Labute approximate surface area is 156 Å². The van der Waals surface area contributed by atoms with Gasteiger partial charge in [0.1, 0.15) is 5.69 Å². The number of piperazine rings is 1. The number of hydrogen-bond donors (Lipinski definition) is 1. The Morgan fingerprint density at radius 1 is 1.35 bits per heavy atom. The number of methoxy groups -OCH3 is 1. The predicted molar refractivity (Wildman–Crippen MR) is 98.5 cm³/mol. The van der Waals surface area contributed by atoms with Crippen molar-refractivity contribution in [3.05, 3.63) is 63.0 Å². The first-order chi connectivity index (χ1) is 12.6. The maximum absolute atomic E-state index is 13.1. The highest BCUT2D eigenvalue weighted by Crippen LogP contribution is 2.29. The lowest BCUT2D eigenvalue weighted by Crippen LogP contribution is -2.49. The van der Waals surface area contributed by atoms with Crippen molar-refractivity contribution in [2.45, 2.75) is 12.6 Å². The van der Waals surface area contributed by atoms with Gasteiger partial charge in [0.25, 0.3) is 11.5 Å². The number of aromatic nitrogens is 2. The molecule has 0 saturated carbocycles. The van der Waals surface area contributed by atoms with Crippen LogP contribution in [0.1, 0.15) is 22.1 Å². The van der Waals surface area contributed by atoms with E-state index in [1.807, 2.05) is 24.3 Å². The fourth-order valence-corrected chi connectivity index (χ4v) is 3.28. The summed E-state index contributed by atoms with van der Waals surface area (Å²) >= 11 is 6.34. The third-order valence-corrected chi connectivity index (χ3v) is 4.71. The smallest absolute Gasteiger partial charge is 0.274 e. The van der Waals surface area contributed by atoms with Gasteiger partial charge in [-0.15, -0.1) is 0 Å². The Morgan fingerprint density at radius 2 is 2.15 bits per heavy atom. The number of carbonyl (C=O) groups is 1. The number of carbonyl (C=O) groups excluding carboxylic acids is 1. The average Bonchev–Trinajstić information content (AvgIpc) is 2.67. The highest BCUT2D eigenvalue weighted by Gasteiger charge is 2.30. The van der Waals surface area contributed by atoms with Crippen molar-refractivity contribution >= 4 is 17.5 Å². The molecular formula is C18H21ClN4O3. The Balaban J connectivity index is 1.90. The molecule has 3 rings (SSSR count). The summed E-state index contributed by atoms with van der Waals surface area (Å²) in [6.07, 6.45) is 0. The van der Waals surface area contributed by atoms with Crippen LogP contribution in [0.5, 0.6) is 0 Å². The fourth-order valence-electron chi connectivity index (χ4n) is 3.02. The van der Waals surface area contributed by atoms with E-state index >= 15 is 0 Å². The van der Waals surface area contributed by atoms with Crippen LogP contribution in [-0.2, 0) is 11.3 Å². The molecule has 2 aromatic rings. The molecule has 1 saturated heterocycles. The summed E-state index contributed by atoms with van der Waals surface area (Å²) < 4.78 is 6.24. The summed E-state index contributed by atoms with van der Waals surface area (Å²) in [5.74, 6) is -0.220. The SMILES string of the molecule is COCCn1nc(C(=O)N2CCNCC2c2ccccc2Cl)ccc1=O. The number of nitrogens with zero attached hydrogens (tertiary/aromatic N) is 3. The van der Waals surface area contributed by atoms with Crippen molar-refractivity contribution in [3.8, 4) is 0 Å². The molecule has 1 fully saturated rings. The molecular weight excluding hydrogens is 356 g/mol. The summed E-state index contributed by atoms with van der Waals surface area (Å²) in [4.78, 5) is 26.7. The van der Waals surface area contributed by atoms with Gasteiger partial charge in [0.2, 0.25) is 0 Å². The summed E-state index contributed by atoms with van der Waals surface area (Å²) in [6, 6.07) is 10.2. The van der Waals surface area contributed by atoms with Crippen molar-refractivity contribution in [1.29, 1.82) is 0 Å². The standard InChI is InChI=1S/C18H21ClN4O3/c1-26-11-10-23-17(24)7-6-15(21-23)18(25)22-9-8-20-12-16(22)13-4-2-3-5-14(13)19/h2-7,16,20H,8-12H2,1H3. The van der Waals surface area contributed by atoms with Gasteiger partial charge >= 0.3 is 0 Å². The predicted octanol–water partition coefficient (Wildman–Crippen LogP) is 1.33. The minimum atomic E-state index is -0.262. The van der Waals surface area contributed by atoms with E-state index in [4.69, 9.17) is 16.3 Å². The zero-order valence-electron chi connectivity index (χ0n) is 14.5. The second-order valence-electron chi connectivity index (χ2n) is 6.01. The lowest BCUT2D eigenvalue weighted by molar-refractivity contribution is 0.0624. The van der Waals surface area contributed by atoms with E-state index < -0.39 is 0 Å². The van der Waals surface area contributed by atoms with Gasteiger partial charge in [-0.3, -0.25) is 9.59 Å². The molecule has 1 aromatic carbocycles. The normalized spacial score (nSPS) is 17.3. The second kappa shape index (κ2) is 8.44. The maximum atomic E-state index is 13.1. The molecule has 0 spiro atoms. The van der Waals surface area contributed by atoms with Gasteiger partial charge in [-0.2, -0.15) is 5.10 Å². The van der Waals surface area contributed by atoms with E-state index in [1.54, 1.807) is 12.0 Å². The van der Waals surface area contributed by atoms with Crippen molar-refractivity contribution < 1.29 is 9.53 Å². The van der Waals surface area contributed by atoms with Gasteiger partial charge in [-0.25, -0.2) is 4.68 Å². The highest BCUT2D eigenvalue weighted by atomic mass is 35.5. The molecule has 0 bridgehead atoms. The number of benzene rings is 1. The first kappa shape index (κ1) is 18.6. The first-order valence-electron chi connectivity index (χ1n) is 8.45. The zero-order valence-corrected chi connectivity index (χ0v) is 15.3. The van der Waals surface area contributed by atoms with Crippen molar-refractivity contribution in [1.82, 2.24) is 20.0 Å². The lowest BCUT2D eigenvalue weighted by Gasteiger charge is -2.36. The van der Waals surface area contributed by atoms with E-state index in [2.05, 4.69) is 10.4 Å². The zero-order chi connectivity index (χ0) is 18.5. The number of rotatable bonds is 5. The Bertz CT molecular complexity index is 839. The molecule has 1 aliphatic rings. The molecule has 26 heavy (non-hydrogen) atoms. The average molecular weight is 377 g/mol. The van der Waals surface area contributed by atoms with Crippen LogP contribution in [0.3, 0.4) is 0 Å². The molecule has 0 radical (unpaired) electrons. The summed E-state index contributed by atoms with van der Waals surface area (Å²) in [6.45, 7) is 2.48. The third-order valence-electron chi connectivity index (χ3n) is 4.36. The number of hydrogen-bond acceptors (Lipinski definition) is 5. The number of halogens is 1. The third kappa shape index (κ3) is 3.95. The van der Waals surface area contributed by atoms with Crippen LogP contribution < -0.4 is 10.9 Å². The molecule has 2 heterocycles. The van der Waals surface area contributed by atoms with Crippen LogP contribution >= 0.6 is 11.6 Å². The summed E-state index contributed by atoms with van der Waals surface area (Å²) in [5, 5.41) is 8.14. The largest absolute Gasteiger partial charge is 0.383 e. The van der Waals surface area contributed by atoms with Crippen LogP contribution in [0.15, 0.2) is 41.2 Å². The molecule has 1 atom stereocenters. The molecule has 8 heteroatoms. The van der Waals surface area contributed by atoms with Crippen molar-refractivity contribution in [2.75, 3.05) is 33.4 Å². The minimum Gasteiger partial charge on any atom is -0.383 e. The second-order valence-corrected chi connectivity index (χ2v) is 6.42. The highest BCUT2D eigenvalue weighted by molar-refractivity contribution is 6.31. The maximum Gasteiger partial charge on any atom is 0.274 e. The van der Waals surface area contributed by atoms with Crippen LogP contribution in [0, 0.1) is 0 Å². The quantitative estimate of drug-likeness (QED) is 0.852. The van der Waals surface area contributed by atoms with Crippen LogP contribution in [0.2, 0.25) is 5.02 Å². The van der Waals surface area contributed by atoms with Gasteiger partial charge in [0.05, 0.1) is 19.2 Å². The Morgan fingerprint density at radius 3 is 2.92 bits per heavy atom. The van der Waals surface area contributed by atoms with Crippen LogP contribution in [-0.4, -0.2) is 53.9 Å². The topological polar surface area (TPSA) is 76.5 Å². The molecule has 7 nitrogen and oxygen atoms in total. The summed E-state index contributed by atoms with van der Waals surface area (Å²) in [5.41, 5.74) is 0.864. The van der Waals surface area contributed by atoms with E-state index in [0.717, 1.165) is 5.56 Å². The number of ether oxygens (including phenoxy) is 1. The fraction of sp³-hybridized carbons (Fsp3) is 0.389. The minimum absolute atomic E-state index is 0.189. The number of nitrogens with one attached hydrogen (secondary N) is 1. The molecule has 1 N–H and O–H groups in total. The molecule has 1 amide bonds. The lowest BCUT2D eigenvalue weighted by atomic mass is 10.0. The van der Waals surface area contributed by atoms with Crippen molar-refractivity contribution in [2.24, 2.45) is 0 Å². The Hall–Kier alpha value is -2.22. The molecule has 0 aliphatic carbocycles. The van der Waals surface area contributed by atoms with E-state index in [0.29, 0.717) is 37.8 Å². The molecule has 1 unspecified atom stereocenters.